The minimum Gasteiger partial charge on any atom is -0.497 e. The zero-order valence-corrected chi connectivity index (χ0v) is 23.2. The van der Waals surface area contributed by atoms with Crippen LogP contribution in [0.5, 0.6) is 17.2 Å². The van der Waals surface area contributed by atoms with E-state index in [0.717, 1.165) is 22.0 Å². The van der Waals surface area contributed by atoms with Gasteiger partial charge >= 0.3 is 0 Å². The molecule has 11 heteroatoms. The van der Waals surface area contributed by atoms with Crippen LogP contribution in [0, 0.1) is 5.82 Å². The summed E-state index contributed by atoms with van der Waals surface area (Å²) in [6, 6.07) is 16.6. The van der Waals surface area contributed by atoms with Gasteiger partial charge in [-0.15, -0.1) is 0 Å². The van der Waals surface area contributed by atoms with Crippen LogP contribution in [0.15, 0.2) is 60.7 Å². The Morgan fingerprint density at radius 3 is 2.08 bits per heavy atom. The Bertz CT molecular complexity index is 1420. The second kappa shape index (κ2) is 11.8. The van der Waals surface area contributed by atoms with Gasteiger partial charge in [-0.2, -0.15) is 0 Å². The van der Waals surface area contributed by atoms with Crippen molar-refractivity contribution >= 4 is 27.3 Å². The fourth-order valence-electron chi connectivity index (χ4n) is 4.54. The molecule has 1 heterocycles. The summed E-state index contributed by atoms with van der Waals surface area (Å²) in [7, 11) is 0.538. The van der Waals surface area contributed by atoms with Crippen molar-refractivity contribution in [2.24, 2.45) is 0 Å². The number of hydrogen-bond donors (Lipinski definition) is 0. The van der Waals surface area contributed by atoms with Crippen LogP contribution in [-0.2, 0) is 16.6 Å². The van der Waals surface area contributed by atoms with E-state index in [4.69, 9.17) is 14.2 Å². The summed E-state index contributed by atoms with van der Waals surface area (Å²) in [5.74, 6) is 0.382. The van der Waals surface area contributed by atoms with Gasteiger partial charge in [-0.1, -0.05) is 18.2 Å². The number of piperazine rings is 1. The number of rotatable bonds is 9. The lowest BCUT2D eigenvalue weighted by Crippen LogP contribution is -2.49. The molecule has 3 aromatic carbocycles. The van der Waals surface area contributed by atoms with Crippen molar-refractivity contribution in [1.82, 2.24) is 4.90 Å². The van der Waals surface area contributed by atoms with Crippen molar-refractivity contribution in [3.05, 3.63) is 77.6 Å². The number of methoxy groups -OCH3 is 3. The summed E-state index contributed by atoms with van der Waals surface area (Å²) in [4.78, 5) is 17.7. The highest BCUT2D eigenvalue weighted by molar-refractivity contribution is 7.92. The highest BCUT2D eigenvalue weighted by atomic mass is 32.2. The van der Waals surface area contributed by atoms with Crippen LogP contribution < -0.4 is 23.4 Å². The quantitative estimate of drug-likeness (QED) is 0.396. The summed E-state index contributed by atoms with van der Waals surface area (Å²) in [6.45, 7) is 1.72. The molecular weight excluding hydrogens is 525 g/mol. The summed E-state index contributed by atoms with van der Waals surface area (Å²) < 4.78 is 57.6. The molecule has 0 bridgehead atoms. The fourth-order valence-corrected chi connectivity index (χ4v) is 5.42. The number of hydrogen-bond acceptors (Lipinski definition) is 7. The van der Waals surface area contributed by atoms with E-state index >= 15 is 0 Å². The second-order valence-electron chi connectivity index (χ2n) is 9.06. The number of carbonyl (C=O) groups excluding carboxylic acids is 1. The summed E-state index contributed by atoms with van der Waals surface area (Å²) in [5.41, 5.74) is 1.39. The lowest BCUT2D eigenvalue weighted by atomic mass is 10.1. The van der Waals surface area contributed by atoms with E-state index in [1.807, 2.05) is 24.3 Å². The van der Waals surface area contributed by atoms with Crippen LogP contribution in [0.1, 0.15) is 15.9 Å². The summed E-state index contributed by atoms with van der Waals surface area (Å²) in [5, 5.41) is 0. The van der Waals surface area contributed by atoms with Gasteiger partial charge in [0.2, 0.25) is 10.0 Å². The van der Waals surface area contributed by atoms with Crippen molar-refractivity contribution in [3.8, 4) is 17.2 Å². The van der Waals surface area contributed by atoms with E-state index in [-0.39, 0.29) is 40.8 Å². The first-order valence-corrected chi connectivity index (χ1v) is 14.2. The maximum absolute atomic E-state index is 14.5. The molecule has 9 nitrogen and oxygen atoms in total. The zero-order valence-electron chi connectivity index (χ0n) is 22.4. The predicted octanol–water partition coefficient (Wildman–Crippen LogP) is 3.78. The van der Waals surface area contributed by atoms with Crippen LogP contribution in [0.3, 0.4) is 0 Å². The molecule has 0 spiro atoms. The smallest absolute Gasteiger partial charge is 0.256 e. The van der Waals surface area contributed by atoms with Gasteiger partial charge in [-0.05, 0) is 36.4 Å². The molecule has 0 unspecified atom stereocenters. The maximum atomic E-state index is 14.5. The standard InChI is InChI=1S/C28H32FN3O6S/c1-36-22-11-9-21(10-12-22)30-13-15-31(16-14-30)28(33)23-17-26(37-2)27(38-3)18-25(23)32(39(4,34)35)19-20-7-5-6-8-24(20)29/h5-12,17-18H,13-16,19H2,1-4H3. The average Bonchev–Trinajstić information content (AvgIpc) is 2.95. The van der Waals surface area contributed by atoms with E-state index in [9.17, 15) is 17.6 Å². The fraction of sp³-hybridized carbons (Fsp3) is 0.321. The van der Waals surface area contributed by atoms with Crippen molar-refractivity contribution < 1.29 is 31.8 Å². The molecule has 1 aliphatic heterocycles. The van der Waals surface area contributed by atoms with Crippen molar-refractivity contribution in [2.75, 3.05) is 63.0 Å². The Labute approximate surface area is 228 Å². The third-order valence-corrected chi connectivity index (χ3v) is 7.80. The third kappa shape index (κ3) is 6.19. The van der Waals surface area contributed by atoms with Crippen LogP contribution in [0.2, 0.25) is 0 Å². The van der Waals surface area contributed by atoms with Gasteiger partial charge in [0.05, 0.1) is 45.4 Å². The van der Waals surface area contributed by atoms with E-state index in [0.29, 0.717) is 26.2 Å². The van der Waals surface area contributed by atoms with Gasteiger partial charge in [0.15, 0.2) is 11.5 Å². The average molecular weight is 558 g/mol. The van der Waals surface area contributed by atoms with Gasteiger partial charge in [0, 0.05) is 43.5 Å². The molecule has 0 aromatic heterocycles. The van der Waals surface area contributed by atoms with Crippen molar-refractivity contribution in [3.63, 3.8) is 0 Å². The molecule has 1 amide bonds. The Morgan fingerprint density at radius 1 is 0.897 bits per heavy atom. The molecule has 0 aliphatic carbocycles. The van der Waals surface area contributed by atoms with Crippen LogP contribution >= 0.6 is 0 Å². The second-order valence-corrected chi connectivity index (χ2v) is 11.0. The lowest BCUT2D eigenvalue weighted by Gasteiger charge is -2.37. The molecule has 1 aliphatic rings. The Hall–Kier alpha value is -3.99. The van der Waals surface area contributed by atoms with Crippen LogP contribution in [-0.4, -0.2) is 73.0 Å². The molecule has 0 N–H and O–H groups in total. The van der Waals surface area contributed by atoms with E-state index < -0.39 is 15.8 Å². The molecular formula is C28H32FN3O6S. The molecule has 208 valence electrons. The molecule has 0 radical (unpaired) electrons. The number of amides is 1. The van der Waals surface area contributed by atoms with Gasteiger partial charge in [-0.3, -0.25) is 9.10 Å². The highest BCUT2D eigenvalue weighted by Crippen LogP contribution is 2.38. The monoisotopic (exact) mass is 557 g/mol. The molecule has 0 saturated carbocycles. The Balaban J connectivity index is 1.67. The molecule has 39 heavy (non-hydrogen) atoms. The number of ether oxygens (including phenoxy) is 3. The largest absolute Gasteiger partial charge is 0.497 e. The van der Waals surface area contributed by atoms with Gasteiger partial charge in [0.25, 0.3) is 5.91 Å². The van der Waals surface area contributed by atoms with Crippen LogP contribution in [0.25, 0.3) is 0 Å². The minimum atomic E-state index is -3.93. The lowest BCUT2D eigenvalue weighted by molar-refractivity contribution is 0.0747. The SMILES string of the molecule is COc1ccc(N2CCN(C(=O)c3cc(OC)c(OC)cc3N(Cc3ccccc3F)S(C)(=O)=O)CC2)cc1. The summed E-state index contributed by atoms with van der Waals surface area (Å²) >= 11 is 0. The van der Waals surface area contributed by atoms with E-state index in [1.165, 1.54) is 44.6 Å². The van der Waals surface area contributed by atoms with Gasteiger partial charge in [-0.25, -0.2) is 12.8 Å². The molecule has 0 atom stereocenters. The van der Waals surface area contributed by atoms with Crippen molar-refractivity contribution in [2.45, 2.75) is 6.54 Å². The van der Waals surface area contributed by atoms with Crippen molar-refractivity contribution in [1.29, 1.82) is 0 Å². The zero-order chi connectivity index (χ0) is 28.2. The Kier molecular flexibility index (Phi) is 8.49. The first-order valence-electron chi connectivity index (χ1n) is 12.3. The molecule has 1 saturated heterocycles. The number of anilines is 2. The maximum Gasteiger partial charge on any atom is 0.256 e. The number of nitrogens with zero attached hydrogens (tertiary/aromatic N) is 3. The first-order chi connectivity index (χ1) is 18.7. The van der Waals surface area contributed by atoms with Gasteiger partial charge < -0.3 is 24.0 Å². The number of sulfonamides is 1. The normalized spacial score (nSPS) is 13.7. The van der Waals surface area contributed by atoms with E-state index in [1.54, 1.807) is 18.1 Å². The predicted molar refractivity (Wildman–Crippen MR) is 148 cm³/mol. The number of carbonyl (C=O) groups is 1. The number of benzene rings is 3. The molecule has 3 aromatic rings. The van der Waals surface area contributed by atoms with Crippen LogP contribution in [0.4, 0.5) is 15.8 Å². The van der Waals surface area contributed by atoms with Gasteiger partial charge in [0.1, 0.15) is 11.6 Å². The third-order valence-electron chi connectivity index (χ3n) is 6.68. The Morgan fingerprint density at radius 2 is 1.51 bits per heavy atom. The first kappa shape index (κ1) is 28.0. The highest BCUT2D eigenvalue weighted by Gasteiger charge is 2.30. The van der Waals surface area contributed by atoms with E-state index in [2.05, 4.69) is 4.90 Å². The minimum absolute atomic E-state index is 0.0842. The summed E-state index contributed by atoms with van der Waals surface area (Å²) in [6.07, 6.45) is 1.02. The molecule has 1 fully saturated rings. The topological polar surface area (TPSA) is 88.6 Å². The number of halogens is 1. The molecule has 4 rings (SSSR count).